The van der Waals surface area contributed by atoms with E-state index >= 15 is 0 Å². The summed E-state index contributed by atoms with van der Waals surface area (Å²) in [7, 11) is 0. The molecule has 38 heavy (non-hydrogen) atoms. The molecule has 0 aromatic heterocycles. The molecule has 4 aliphatic heterocycles. The van der Waals surface area contributed by atoms with Crippen molar-refractivity contribution in [1.82, 2.24) is 4.90 Å². The van der Waals surface area contributed by atoms with Gasteiger partial charge in [0.15, 0.2) is 5.78 Å². The standard InChI is InChI=1S/C29H22Cl3N3O3/c1-14-11-16(31)12-19-24(14)34-27(38)29(19)28(18-5-2-3-6-21(18)33-26(28)37)23(22-7-4-10-35(22)29)25(36)17-9-8-15(30)13-20(17)32/h2-3,5-6,8-9,11-13,22-23H,4,7,10H2,1H3,(H,33,37)(H,34,38)/t22-,23+,28-,29-/m1/s1. The van der Waals surface area contributed by atoms with Gasteiger partial charge in [-0.1, -0.05) is 53.0 Å². The normalized spacial score (nSPS) is 28.9. The van der Waals surface area contributed by atoms with E-state index in [1.54, 1.807) is 24.3 Å². The lowest BCUT2D eigenvalue weighted by Crippen LogP contribution is -2.62. The van der Waals surface area contributed by atoms with Crippen LogP contribution in [0.4, 0.5) is 11.4 Å². The van der Waals surface area contributed by atoms with E-state index in [1.165, 1.54) is 6.07 Å². The summed E-state index contributed by atoms with van der Waals surface area (Å²) in [5.41, 5.74) is 0.536. The number of carbonyl (C=O) groups excluding carboxylic acids is 3. The average Bonchev–Trinajstić information content (AvgIpc) is 3.58. The predicted molar refractivity (Wildman–Crippen MR) is 147 cm³/mol. The number of carbonyl (C=O) groups is 3. The number of Topliss-reactive ketones (excluding diaryl/α,β-unsaturated/α-hetero) is 1. The zero-order valence-corrected chi connectivity index (χ0v) is 22.5. The van der Waals surface area contributed by atoms with Crippen LogP contribution in [0.2, 0.25) is 15.1 Å². The zero-order valence-electron chi connectivity index (χ0n) is 20.3. The number of fused-ring (bicyclic) bond motifs is 7. The Bertz CT molecular complexity index is 1610. The number of anilines is 2. The number of rotatable bonds is 2. The molecule has 4 aliphatic rings. The van der Waals surface area contributed by atoms with Gasteiger partial charge in [-0.3, -0.25) is 19.3 Å². The molecule has 2 saturated heterocycles. The van der Waals surface area contributed by atoms with Gasteiger partial charge in [0.05, 0.1) is 10.9 Å². The van der Waals surface area contributed by atoms with Gasteiger partial charge in [-0.25, -0.2) is 0 Å². The summed E-state index contributed by atoms with van der Waals surface area (Å²) in [6, 6.07) is 15.3. The van der Waals surface area contributed by atoms with E-state index in [2.05, 4.69) is 15.5 Å². The number of halogens is 3. The van der Waals surface area contributed by atoms with Crippen molar-refractivity contribution in [3.63, 3.8) is 0 Å². The monoisotopic (exact) mass is 565 g/mol. The van der Waals surface area contributed by atoms with Crippen LogP contribution < -0.4 is 10.6 Å². The first-order chi connectivity index (χ1) is 18.2. The third kappa shape index (κ3) is 2.71. The highest BCUT2D eigenvalue weighted by Gasteiger charge is 2.81. The van der Waals surface area contributed by atoms with Crippen LogP contribution in [0.15, 0.2) is 54.6 Å². The molecule has 0 bridgehead atoms. The Morgan fingerprint density at radius 1 is 0.947 bits per heavy atom. The van der Waals surface area contributed by atoms with Crippen LogP contribution >= 0.6 is 34.8 Å². The largest absolute Gasteiger partial charge is 0.325 e. The summed E-state index contributed by atoms with van der Waals surface area (Å²) in [6.07, 6.45) is 1.44. The zero-order chi connectivity index (χ0) is 26.6. The smallest absolute Gasteiger partial charge is 0.251 e. The van der Waals surface area contributed by atoms with Gasteiger partial charge >= 0.3 is 0 Å². The van der Waals surface area contributed by atoms with Gasteiger partial charge in [0.25, 0.3) is 5.91 Å². The molecule has 2 amide bonds. The van der Waals surface area contributed by atoms with E-state index in [1.807, 2.05) is 31.2 Å². The molecule has 2 fully saturated rings. The van der Waals surface area contributed by atoms with Gasteiger partial charge in [-0.15, -0.1) is 0 Å². The molecule has 6 nitrogen and oxygen atoms in total. The van der Waals surface area contributed by atoms with Crippen molar-refractivity contribution in [2.24, 2.45) is 5.92 Å². The maximum absolute atomic E-state index is 14.6. The number of amides is 2. The highest BCUT2D eigenvalue weighted by Crippen LogP contribution is 2.68. The molecule has 4 atom stereocenters. The van der Waals surface area contributed by atoms with Crippen molar-refractivity contribution in [3.05, 3.63) is 91.9 Å². The van der Waals surface area contributed by atoms with Crippen molar-refractivity contribution in [2.45, 2.75) is 36.8 Å². The Morgan fingerprint density at radius 3 is 2.53 bits per heavy atom. The van der Waals surface area contributed by atoms with Crippen molar-refractivity contribution < 1.29 is 14.4 Å². The summed E-state index contributed by atoms with van der Waals surface area (Å²) in [5, 5.41) is 7.19. The number of aryl methyl sites for hydroxylation is 1. The lowest BCUT2D eigenvalue weighted by molar-refractivity contribution is -0.137. The summed E-state index contributed by atoms with van der Waals surface area (Å²) >= 11 is 19.3. The van der Waals surface area contributed by atoms with Crippen LogP contribution in [0.1, 0.15) is 39.9 Å². The van der Waals surface area contributed by atoms with Crippen LogP contribution in [0, 0.1) is 12.8 Å². The van der Waals surface area contributed by atoms with Gasteiger partial charge in [0, 0.05) is 38.6 Å². The fraction of sp³-hybridized carbons (Fsp3) is 0.276. The van der Waals surface area contributed by atoms with Gasteiger partial charge in [-0.05, 0) is 73.8 Å². The summed E-state index contributed by atoms with van der Waals surface area (Å²) in [4.78, 5) is 45.7. The molecule has 0 radical (unpaired) electrons. The van der Waals surface area contributed by atoms with E-state index in [0.717, 1.165) is 12.0 Å². The highest BCUT2D eigenvalue weighted by atomic mass is 35.5. The van der Waals surface area contributed by atoms with Crippen LogP contribution in [0.5, 0.6) is 0 Å². The topological polar surface area (TPSA) is 78.5 Å². The Kier molecular flexibility index (Phi) is 5.12. The minimum absolute atomic E-state index is 0.213. The van der Waals surface area contributed by atoms with E-state index in [0.29, 0.717) is 45.5 Å². The number of nitrogens with zero attached hydrogens (tertiary/aromatic N) is 1. The second kappa shape index (κ2) is 8.06. The van der Waals surface area contributed by atoms with Crippen molar-refractivity contribution in [3.8, 4) is 0 Å². The SMILES string of the molecule is Cc1cc(Cl)cc2c1NC(=O)[C@]21N2CCC[C@@H]2[C@@H](C(=O)c2ccc(Cl)cc2Cl)[C@]12C(=O)Nc1ccccc12. The fourth-order valence-electron chi connectivity index (χ4n) is 7.67. The molecule has 2 spiro atoms. The van der Waals surface area contributed by atoms with Gasteiger partial charge in [0.2, 0.25) is 5.91 Å². The minimum Gasteiger partial charge on any atom is -0.325 e. The molecule has 0 saturated carbocycles. The molecular formula is C29H22Cl3N3O3. The third-order valence-corrected chi connectivity index (χ3v) is 9.61. The maximum Gasteiger partial charge on any atom is 0.251 e. The predicted octanol–water partition coefficient (Wildman–Crippen LogP) is 5.97. The van der Waals surface area contributed by atoms with Gasteiger partial charge in [-0.2, -0.15) is 0 Å². The molecule has 2 N–H and O–H groups in total. The van der Waals surface area contributed by atoms with Crippen molar-refractivity contribution in [1.29, 1.82) is 0 Å². The van der Waals surface area contributed by atoms with E-state index in [4.69, 9.17) is 34.8 Å². The molecule has 192 valence electrons. The fourth-order valence-corrected chi connectivity index (χ4v) is 8.44. The lowest BCUT2D eigenvalue weighted by atomic mass is 9.57. The Hall–Kier alpha value is -2.90. The molecule has 3 aromatic rings. The third-order valence-electron chi connectivity index (χ3n) is 8.85. The van der Waals surface area contributed by atoms with Crippen molar-refractivity contribution in [2.75, 3.05) is 17.2 Å². The first-order valence-electron chi connectivity index (χ1n) is 12.5. The summed E-state index contributed by atoms with van der Waals surface area (Å²) < 4.78 is 0. The summed E-state index contributed by atoms with van der Waals surface area (Å²) in [6.45, 7) is 2.43. The van der Waals surface area contributed by atoms with Crippen LogP contribution in [0.3, 0.4) is 0 Å². The first-order valence-corrected chi connectivity index (χ1v) is 13.7. The highest BCUT2D eigenvalue weighted by molar-refractivity contribution is 6.37. The van der Waals surface area contributed by atoms with E-state index < -0.39 is 16.9 Å². The van der Waals surface area contributed by atoms with E-state index in [9.17, 15) is 14.4 Å². The number of para-hydroxylation sites is 1. The number of nitrogens with one attached hydrogen (secondary N) is 2. The Balaban J connectivity index is 1.61. The van der Waals surface area contributed by atoms with Crippen LogP contribution in [0.25, 0.3) is 0 Å². The molecule has 7 rings (SSSR count). The van der Waals surface area contributed by atoms with E-state index in [-0.39, 0.29) is 34.2 Å². The second-order valence-corrected chi connectivity index (χ2v) is 11.8. The van der Waals surface area contributed by atoms with Crippen LogP contribution in [-0.4, -0.2) is 35.1 Å². The number of ketones is 1. The molecule has 0 aliphatic carbocycles. The molecule has 3 aromatic carbocycles. The van der Waals surface area contributed by atoms with Crippen molar-refractivity contribution >= 4 is 63.8 Å². The molecule has 0 unspecified atom stereocenters. The molecular weight excluding hydrogens is 545 g/mol. The molecule has 4 heterocycles. The van der Waals surface area contributed by atoms with Crippen LogP contribution in [-0.2, 0) is 20.5 Å². The van der Waals surface area contributed by atoms with Gasteiger partial charge < -0.3 is 10.6 Å². The summed E-state index contributed by atoms with van der Waals surface area (Å²) in [5.74, 6) is -1.87. The lowest BCUT2D eigenvalue weighted by Gasteiger charge is -2.43. The maximum atomic E-state index is 14.6. The minimum atomic E-state index is -1.55. The average molecular weight is 567 g/mol. The Labute approximate surface area is 234 Å². The number of hydrogen-bond donors (Lipinski definition) is 2. The number of hydrogen-bond acceptors (Lipinski definition) is 4. The molecule has 9 heteroatoms. The second-order valence-electron chi connectivity index (χ2n) is 10.5. The number of benzene rings is 3. The first kappa shape index (κ1) is 24.2. The quantitative estimate of drug-likeness (QED) is 0.375. The Morgan fingerprint density at radius 2 is 1.74 bits per heavy atom. The van der Waals surface area contributed by atoms with Gasteiger partial charge in [0.1, 0.15) is 11.0 Å².